The van der Waals surface area contributed by atoms with E-state index < -0.39 is 33.1 Å². The van der Waals surface area contributed by atoms with Crippen LogP contribution >= 0.6 is 0 Å². The average Bonchev–Trinajstić information content (AvgIpc) is 2.37. The summed E-state index contributed by atoms with van der Waals surface area (Å²) in [6.45, 7) is 0. The maximum atomic E-state index is 13.0. The monoisotopic (exact) mass is 311 g/mol. The number of carbonyl (C=O) groups is 1. The lowest BCUT2D eigenvalue weighted by Crippen LogP contribution is -2.23. The molecule has 0 aromatic heterocycles. The van der Waals surface area contributed by atoms with Gasteiger partial charge in [-0.2, -0.15) is 0 Å². The molecule has 21 heavy (non-hydrogen) atoms. The lowest BCUT2D eigenvalue weighted by molar-refractivity contribution is -0.113. The van der Waals surface area contributed by atoms with Gasteiger partial charge in [0.2, 0.25) is 5.91 Å². The number of halogens is 2. The normalized spacial score (nSPS) is 11.1. The van der Waals surface area contributed by atoms with E-state index in [1.165, 1.54) is 30.3 Å². The van der Waals surface area contributed by atoms with Crippen LogP contribution in [0.3, 0.4) is 0 Å². The summed E-state index contributed by atoms with van der Waals surface area (Å²) >= 11 is 0. The van der Waals surface area contributed by atoms with Gasteiger partial charge in [-0.3, -0.25) is 4.79 Å². The Labute approximate surface area is 120 Å². The van der Waals surface area contributed by atoms with Gasteiger partial charge in [-0.15, -0.1) is 0 Å². The summed E-state index contributed by atoms with van der Waals surface area (Å²) in [5, 5.41) is 2.27. The molecule has 0 atom stereocenters. The smallest absolute Gasteiger partial charge is 0.239 e. The van der Waals surface area contributed by atoms with Gasteiger partial charge in [0.15, 0.2) is 9.84 Å². The maximum absolute atomic E-state index is 13.0. The molecule has 0 aliphatic heterocycles. The van der Waals surface area contributed by atoms with E-state index in [0.717, 1.165) is 18.2 Å². The van der Waals surface area contributed by atoms with E-state index in [0.29, 0.717) is 0 Å². The Morgan fingerprint density at radius 1 is 1.00 bits per heavy atom. The van der Waals surface area contributed by atoms with Crippen molar-refractivity contribution in [3.63, 3.8) is 0 Å². The fourth-order valence-corrected chi connectivity index (χ4v) is 2.84. The van der Waals surface area contributed by atoms with E-state index >= 15 is 0 Å². The summed E-state index contributed by atoms with van der Waals surface area (Å²) in [5.74, 6) is -2.94. The first kappa shape index (κ1) is 15.1. The third-order valence-electron chi connectivity index (χ3n) is 2.58. The minimum absolute atomic E-state index is 0.148. The van der Waals surface area contributed by atoms with Gasteiger partial charge in [0.1, 0.15) is 17.4 Å². The SMILES string of the molecule is O=C(CS(=O)(=O)c1cccc(F)c1)Nc1cccc(F)c1. The summed E-state index contributed by atoms with van der Waals surface area (Å²) in [6, 6.07) is 9.45. The predicted octanol–water partition coefficient (Wildman–Crippen LogP) is 2.38. The third-order valence-corrected chi connectivity index (χ3v) is 4.20. The summed E-state index contributed by atoms with van der Waals surface area (Å²) in [5.41, 5.74) is 0.148. The number of rotatable bonds is 4. The first-order chi connectivity index (χ1) is 9.87. The highest BCUT2D eigenvalue weighted by Gasteiger charge is 2.20. The second-order valence-electron chi connectivity index (χ2n) is 4.27. The predicted molar refractivity (Wildman–Crippen MR) is 73.5 cm³/mol. The molecule has 4 nitrogen and oxygen atoms in total. The highest BCUT2D eigenvalue weighted by atomic mass is 32.2. The summed E-state index contributed by atoms with van der Waals surface area (Å²) < 4.78 is 49.9. The van der Waals surface area contributed by atoms with E-state index in [1.807, 2.05) is 0 Å². The standard InChI is InChI=1S/C14H11F2NO3S/c15-10-3-1-5-12(7-10)17-14(18)9-21(19,20)13-6-2-4-11(16)8-13/h1-8H,9H2,(H,17,18). The van der Waals surface area contributed by atoms with Crippen molar-refractivity contribution in [1.29, 1.82) is 0 Å². The molecule has 0 saturated carbocycles. The van der Waals surface area contributed by atoms with Gasteiger partial charge < -0.3 is 5.32 Å². The Balaban J connectivity index is 2.12. The van der Waals surface area contributed by atoms with Crippen LogP contribution < -0.4 is 5.32 Å². The Morgan fingerprint density at radius 3 is 2.24 bits per heavy atom. The third kappa shape index (κ3) is 4.09. The van der Waals surface area contributed by atoms with Crippen molar-refractivity contribution >= 4 is 21.4 Å². The Kier molecular flexibility index (Phi) is 4.32. The summed E-state index contributed by atoms with van der Waals surface area (Å²) in [7, 11) is -3.96. The molecule has 7 heteroatoms. The van der Waals surface area contributed by atoms with Gasteiger partial charge in [0.25, 0.3) is 0 Å². The zero-order valence-electron chi connectivity index (χ0n) is 10.7. The number of carbonyl (C=O) groups excluding carboxylic acids is 1. The number of sulfone groups is 1. The zero-order valence-corrected chi connectivity index (χ0v) is 11.5. The molecule has 0 heterocycles. The van der Waals surface area contributed by atoms with Crippen molar-refractivity contribution in [1.82, 2.24) is 0 Å². The van der Waals surface area contributed by atoms with Crippen LogP contribution in [0.1, 0.15) is 0 Å². The van der Waals surface area contributed by atoms with E-state index in [1.54, 1.807) is 0 Å². The number of nitrogens with one attached hydrogen (secondary N) is 1. The minimum Gasteiger partial charge on any atom is -0.325 e. The summed E-state index contributed by atoms with van der Waals surface area (Å²) in [4.78, 5) is 11.4. The van der Waals surface area contributed by atoms with Crippen LogP contribution in [0.15, 0.2) is 53.4 Å². The fourth-order valence-electron chi connectivity index (χ4n) is 1.68. The van der Waals surface area contributed by atoms with Gasteiger partial charge in [0, 0.05) is 5.69 Å². The van der Waals surface area contributed by atoms with Crippen LogP contribution in [0.2, 0.25) is 0 Å². The molecule has 1 N–H and O–H groups in total. The molecule has 0 radical (unpaired) electrons. The molecule has 2 rings (SSSR count). The molecular formula is C14H11F2NO3S. The molecule has 0 spiro atoms. The van der Waals surface area contributed by atoms with Gasteiger partial charge in [0.05, 0.1) is 4.90 Å². The first-order valence-corrected chi connectivity index (χ1v) is 7.56. The number of benzene rings is 2. The lowest BCUT2D eigenvalue weighted by Gasteiger charge is -2.06. The maximum Gasteiger partial charge on any atom is 0.239 e. The van der Waals surface area contributed by atoms with Crippen LogP contribution in [0.25, 0.3) is 0 Å². The second kappa shape index (κ2) is 6.01. The molecule has 1 amide bonds. The van der Waals surface area contributed by atoms with E-state index in [2.05, 4.69) is 5.32 Å². The highest BCUT2D eigenvalue weighted by Crippen LogP contribution is 2.14. The van der Waals surface area contributed by atoms with E-state index in [-0.39, 0.29) is 10.6 Å². The zero-order chi connectivity index (χ0) is 15.5. The van der Waals surface area contributed by atoms with E-state index in [9.17, 15) is 22.0 Å². The van der Waals surface area contributed by atoms with E-state index in [4.69, 9.17) is 0 Å². The Hall–Kier alpha value is -2.28. The lowest BCUT2D eigenvalue weighted by atomic mass is 10.3. The molecule has 0 aliphatic carbocycles. The molecule has 2 aromatic carbocycles. The van der Waals surface area contributed by atoms with Crippen molar-refractivity contribution in [3.8, 4) is 0 Å². The van der Waals surface area contributed by atoms with Gasteiger partial charge in [-0.25, -0.2) is 17.2 Å². The van der Waals surface area contributed by atoms with Gasteiger partial charge in [-0.05, 0) is 36.4 Å². The van der Waals surface area contributed by atoms with Crippen LogP contribution in [0.5, 0.6) is 0 Å². The number of amides is 1. The molecule has 0 saturated heterocycles. The average molecular weight is 311 g/mol. The van der Waals surface area contributed by atoms with Crippen LogP contribution in [-0.4, -0.2) is 20.1 Å². The number of anilines is 1. The second-order valence-corrected chi connectivity index (χ2v) is 6.26. The number of hydrogen-bond acceptors (Lipinski definition) is 3. The van der Waals surface area contributed by atoms with Gasteiger partial charge >= 0.3 is 0 Å². The van der Waals surface area contributed by atoms with Crippen LogP contribution in [0.4, 0.5) is 14.5 Å². The topological polar surface area (TPSA) is 63.2 Å². The largest absolute Gasteiger partial charge is 0.325 e. The molecule has 0 bridgehead atoms. The molecule has 110 valence electrons. The highest BCUT2D eigenvalue weighted by molar-refractivity contribution is 7.92. The molecule has 0 aliphatic rings. The molecular weight excluding hydrogens is 300 g/mol. The fraction of sp³-hybridized carbons (Fsp3) is 0.0714. The van der Waals surface area contributed by atoms with Crippen LogP contribution in [0, 0.1) is 11.6 Å². The number of hydrogen-bond donors (Lipinski definition) is 1. The van der Waals surface area contributed by atoms with Crippen molar-refractivity contribution in [2.75, 3.05) is 11.1 Å². The molecule has 0 fully saturated rings. The van der Waals surface area contributed by atoms with Crippen molar-refractivity contribution in [2.45, 2.75) is 4.90 Å². The summed E-state index contributed by atoms with van der Waals surface area (Å²) in [6.07, 6.45) is 0. The van der Waals surface area contributed by atoms with Crippen molar-refractivity contribution < 1.29 is 22.0 Å². The molecule has 0 unspecified atom stereocenters. The first-order valence-electron chi connectivity index (χ1n) is 5.90. The quantitative estimate of drug-likeness (QED) is 0.943. The Morgan fingerprint density at radius 2 is 1.62 bits per heavy atom. The van der Waals surface area contributed by atoms with Crippen LogP contribution in [-0.2, 0) is 14.6 Å². The molecule has 2 aromatic rings. The Bertz CT molecular complexity index is 775. The van der Waals surface area contributed by atoms with Crippen molar-refractivity contribution in [2.24, 2.45) is 0 Å². The minimum atomic E-state index is -3.96. The van der Waals surface area contributed by atoms with Gasteiger partial charge in [-0.1, -0.05) is 12.1 Å². The van der Waals surface area contributed by atoms with Crippen molar-refractivity contribution in [3.05, 3.63) is 60.2 Å².